The van der Waals surface area contributed by atoms with Crippen LogP contribution in [-0.2, 0) is 16.1 Å². The van der Waals surface area contributed by atoms with Gasteiger partial charge in [-0.15, -0.1) is 0 Å². The third kappa shape index (κ3) is 4.80. The first-order valence-electron chi connectivity index (χ1n) is 7.50. The first-order valence-corrected chi connectivity index (χ1v) is 8.48. The molecule has 1 aliphatic heterocycles. The highest BCUT2D eigenvalue weighted by molar-refractivity contribution is 8.13. The summed E-state index contributed by atoms with van der Waals surface area (Å²) in [6, 6.07) is 9.33. The smallest absolute Gasteiger partial charge is 0.326 e. The molecule has 1 aromatic carbocycles. The number of ether oxygens (including phenoxy) is 1. The summed E-state index contributed by atoms with van der Waals surface area (Å²) in [5.74, 6) is 0.667. The summed E-state index contributed by atoms with van der Waals surface area (Å²) >= 11 is 1.19. The molecule has 0 spiro atoms. The second-order valence-electron chi connectivity index (χ2n) is 5.12. The number of hydrogen-bond acceptors (Lipinski definition) is 9. The molecular weight excluding hydrogens is 344 g/mol. The number of aromatic nitrogens is 3. The second-order valence-corrected chi connectivity index (χ2v) is 6.17. The van der Waals surface area contributed by atoms with E-state index in [-0.39, 0.29) is 36.1 Å². The summed E-state index contributed by atoms with van der Waals surface area (Å²) < 4.78 is 5.12. The molecule has 0 radical (unpaired) electrons. The van der Waals surface area contributed by atoms with Crippen LogP contribution < -0.4 is 11.1 Å². The van der Waals surface area contributed by atoms with E-state index in [1.807, 2.05) is 30.3 Å². The molecule has 2 aromatic rings. The monoisotopic (exact) mass is 360 g/mol. The number of thioether (sulfide) groups is 1. The molecule has 3 N–H and O–H groups in total. The zero-order valence-corrected chi connectivity index (χ0v) is 14.0. The highest BCUT2D eigenvalue weighted by Gasteiger charge is 2.24. The summed E-state index contributed by atoms with van der Waals surface area (Å²) in [4.78, 5) is 36.9. The van der Waals surface area contributed by atoms with Gasteiger partial charge in [-0.25, -0.2) is 0 Å². The normalized spacial score (nSPS) is 13.8. The maximum atomic E-state index is 11.8. The van der Waals surface area contributed by atoms with Crippen LogP contribution in [0.25, 0.3) is 0 Å². The fraction of sp³-hybridized carbons (Fsp3) is 0.267. The summed E-state index contributed by atoms with van der Waals surface area (Å²) in [6.07, 6.45) is 0. The Kier molecular flexibility index (Phi) is 5.29. The van der Waals surface area contributed by atoms with Crippen LogP contribution in [0.4, 0.5) is 22.4 Å². The first-order chi connectivity index (χ1) is 12.1. The lowest BCUT2D eigenvalue weighted by Gasteiger charge is -2.13. The van der Waals surface area contributed by atoms with Gasteiger partial charge < -0.3 is 20.7 Å². The van der Waals surface area contributed by atoms with Crippen molar-refractivity contribution in [2.24, 2.45) is 0 Å². The van der Waals surface area contributed by atoms with Crippen molar-refractivity contribution in [1.29, 1.82) is 0 Å². The Morgan fingerprint density at radius 1 is 1.28 bits per heavy atom. The molecule has 0 unspecified atom stereocenters. The number of benzene rings is 1. The van der Waals surface area contributed by atoms with Crippen LogP contribution in [-0.4, -0.2) is 49.9 Å². The number of para-hydroxylation sites is 1. The molecule has 130 valence electrons. The lowest BCUT2D eigenvalue weighted by molar-refractivity contribution is -0.145. The van der Waals surface area contributed by atoms with Crippen LogP contribution in [0, 0.1) is 0 Å². The van der Waals surface area contributed by atoms with Gasteiger partial charge in [0.05, 0.1) is 0 Å². The van der Waals surface area contributed by atoms with E-state index in [2.05, 4.69) is 20.3 Å². The molecule has 3 rings (SSSR count). The molecule has 1 fully saturated rings. The number of carbonyl (C=O) groups is 2. The highest BCUT2D eigenvalue weighted by atomic mass is 32.2. The summed E-state index contributed by atoms with van der Waals surface area (Å²) in [7, 11) is 0. The molecule has 25 heavy (non-hydrogen) atoms. The molecule has 1 aliphatic rings. The molecule has 1 aromatic heterocycles. The predicted molar refractivity (Wildman–Crippen MR) is 93.2 cm³/mol. The second kappa shape index (κ2) is 7.79. The van der Waals surface area contributed by atoms with Gasteiger partial charge in [0, 0.05) is 18.0 Å². The van der Waals surface area contributed by atoms with Crippen LogP contribution in [0.3, 0.4) is 0 Å². The van der Waals surface area contributed by atoms with Crippen molar-refractivity contribution in [3.05, 3.63) is 36.2 Å². The van der Waals surface area contributed by atoms with E-state index >= 15 is 0 Å². The van der Waals surface area contributed by atoms with E-state index in [9.17, 15) is 9.59 Å². The average Bonchev–Trinajstić information content (AvgIpc) is 2.98. The van der Waals surface area contributed by atoms with E-state index in [0.717, 1.165) is 5.69 Å². The molecule has 0 saturated carbocycles. The van der Waals surface area contributed by atoms with Gasteiger partial charge in [-0.3, -0.25) is 9.59 Å². The van der Waals surface area contributed by atoms with Gasteiger partial charge in [-0.05, 0) is 12.1 Å². The maximum absolute atomic E-state index is 11.8. The number of rotatable bonds is 6. The Morgan fingerprint density at radius 3 is 2.80 bits per heavy atom. The van der Waals surface area contributed by atoms with Gasteiger partial charge in [-0.2, -0.15) is 15.0 Å². The number of nitrogens with one attached hydrogen (secondary N) is 1. The number of nitrogens with zero attached hydrogens (tertiary/aromatic N) is 4. The van der Waals surface area contributed by atoms with Gasteiger partial charge in [0.25, 0.3) is 5.24 Å². The SMILES string of the molecule is Nc1nc(COC(=O)CN2CCSC2=O)nc(Nc2ccccc2)n1. The Hall–Kier alpha value is -2.88. The van der Waals surface area contributed by atoms with Crippen LogP contribution >= 0.6 is 11.8 Å². The first kappa shape index (κ1) is 17.0. The quantitative estimate of drug-likeness (QED) is 0.736. The predicted octanol–water partition coefficient (Wildman–Crippen LogP) is 1.41. The van der Waals surface area contributed by atoms with E-state index in [4.69, 9.17) is 10.5 Å². The summed E-state index contributed by atoms with van der Waals surface area (Å²) in [5.41, 5.74) is 6.46. The summed E-state index contributed by atoms with van der Waals surface area (Å²) in [6.45, 7) is 0.314. The van der Waals surface area contributed by atoms with E-state index < -0.39 is 5.97 Å². The van der Waals surface area contributed by atoms with Crippen molar-refractivity contribution in [1.82, 2.24) is 19.9 Å². The van der Waals surface area contributed by atoms with Crippen molar-refractivity contribution < 1.29 is 14.3 Å². The molecule has 0 aliphatic carbocycles. The van der Waals surface area contributed by atoms with Gasteiger partial charge >= 0.3 is 5.97 Å². The number of nitrogens with two attached hydrogens (primary N) is 1. The van der Waals surface area contributed by atoms with E-state index in [1.165, 1.54) is 16.7 Å². The molecule has 1 saturated heterocycles. The van der Waals surface area contributed by atoms with Crippen molar-refractivity contribution in [2.45, 2.75) is 6.61 Å². The number of amides is 1. The molecule has 0 atom stereocenters. The zero-order chi connectivity index (χ0) is 17.6. The molecular formula is C15H16N6O3S. The van der Waals surface area contributed by atoms with Gasteiger partial charge in [-0.1, -0.05) is 30.0 Å². The van der Waals surface area contributed by atoms with Crippen LogP contribution in [0.15, 0.2) is 30.3 Å². The lowest BCUT2D eigenvalue weighted by Crippen LogP contribution is -2.31. The largest absolute Gasteiger partial charge is 0.456 e. The van der Waals surface area contributed by atoms with Crippen molar-refractivity contribution in [2.75, 3.05) is 29.9 Å². The Bertz CT molecular complexity index is 773. The topological polar surface area (TPSA) is 123 Å². The molecule has 2 heterocycles. The standard InChI is InChI=1S/C15H16N6O3S/c16-13-18-11(9-24-12(22)8-21-6-7-25-15(21)23)19-14(20-13)17-10-4-2-1-3-5-10/h1-5H,6-9H2,(H3,16,17,18,19,20). The molecule has 1 amide bonds. The average molecular weight is 360 g/mol. The number of hydrogen-bond donors (Lipinski definition) is 2. The van der Waals surface area contributed by atoms with Crippen molar-refractivity contribution >= 4 is 40.6 Å². The number of anilines is 3. The number of carbonyl (C=O) groups excluding carboxylic acids is 2. The Labute approximate surface area is 148 Å². The van der Waals surface area contributed by atoms with Crippen LogP contribution in [0.2, 0.25) is 0 Å². The van der Waals surface area contributed by atoms with Gasteiger partial charge in [0.15, 0.2) is 12.4 Å². The summed E-state index contributed by atoms with van der Waals surface area (Å²) in [5, 5.41) is 2.88. The van der Waals surface area contributed by atoms with E-state index in [1.54, 1.807) is 0 Å². The minimum absolute atomic E-state index is 0.0191. The third-order valence-corrected chi connectivity index (χ3v) is 4.15. The van der Waals surface area contributed by atoms with Crippen LogP contribution in [0.1, 0.15) is 5.82 Å². The fourth-order valence-electron chi connectivity index (χ4n) is 2.12. The van der Waals surface area contributed by atoms with Gasteiger partial charge in [0.1, 0.15) is 6.54 Å². The zero-order valence-electron chi connectivity index (χ0n) is 13.2. The number of nitrogen functional groups attached to an aromatic ring is 1. The number of esters is 1. The molecule has 10 heteroatoms. The minimum Gasteiger partial charge on any atom is -0.456 e. The van der Waals surface area contributed by atoms with Crippen LogP contribution in [0.5, 0.6) is 0 Å². The highest BCUT2D eigenvalue weighted by Crippen LogP contribution is 2.17. The third-order valence-electron chi connectivity index (χ3n) is 3.26. The fourth-order valence-corrected chi connectivity index (χ4v) is 2.95. The van der Waals surface area contributed by atoms with Gasteiger partial charge in [0.2, 0.25) is 11.9 Å². The lowest BCUT2D eigenvalue weighted by atomic mass is 10.3. The Morgan fingerprint density at radius 2 is 2.08 bits per heavy atom. The van der Waals surface area contributed by atoms with E-state index in [0.29, 0.717) is 12.3 Å². The molecule has 0 bridgehead atoms. The maximum Gasteiger partial charge on any atom is 0.326 e. The molecule has 9 nitrogen and oxygen atoms in total. The minimum atomic E-state index is -0.521. The van der Waals surface area contributed by atoms with Crippen molar-refractivity contribution in [3.63, 3.8) is 0 Å². The van der Waals surface area contributed by atoms with Crippen molar-refractivity contribution in [3.8, 4) is 0 Å². The Balaban J connectivity index is 1.58.